The highest BCUT2D eigenvalue weighted by molar-refractivity contribution is 5.63. The minimum absolute atomic E-state index is 1.19. The molecular formula is C15H24. The first-order valence-electron chi connectivity index (χ1n) is 5.72. The van der Waals surface area contributed by atoms with Crippen LogP contribution in [0.25, 0.3) is 12.2 Å². The van der Waals surface area contributed by atoms with Crippen molar-refractivity contribution in [3.05, 3.63) is 48.0 Å². The number of benzene rings is 1. The van der Waals surface area contributed by atoms with Gasteiger partial charge in [0.25, 0.3) is 0 Å². The zero-order valence-corrected chi connectivity index (χ0v) is 10.7. The van der Waals surface area contributed by atoms with Gasteiger partial charge in [-0.25, -0.2) is 0 Å². The lowest BCUT2D eigenvalue weighted by Crippen LogP contribution is -1.76. The van der Waals surface area contributed by atoms with Crippen molar-refractivity contribution in [2.45, 2.75) is 34.6 Å². The quantitative estimate of drug-likeness (QED) is 0.603. The minimum atomic E-state index is 1.19. The van der Waals surface area contributed by atoms with Crippen LogP contribution in [0.2, 0.25) is 0 Å². The van der Waals surface area contributed by atoms with Crippen LogP contribution in [0.15, 0.2) is 36.9 Å². The van der Waals surface area contributed by atoms with E-state index in [0.29, 0.717) is 0 Å². The van der Waals surface area contributed by atoms with Crippen molar-refractivity contribution in [1.29, 1.82) is 0 Å². The molecule has 1 rings (SSSR count). The van der Waals surface area contributed by atoms with Crippen LogP contribution in [0.4, 0.5) is 0 Å². The van der Waals surface area contributed by atoms with Gasteiger partial charge in [0, 0.05) is 0 Å². The van der Waals surface area contributed by atoms with E-state index in [2.05, 4.69) is 24.8 Å². The van der Waals surface area contributed by atoms with Crippen molar-refractivity contribution in [3.63, 3.8) is 0 Å². The van der Waals surface area contributed by atoms with Crippen molar-refractivity contribution in [2.75, 3.05) is 0 Å². The predicted octanol–water partition coefficient (Wildman–Crippen LogP) is 5.42. The second-order valence-corrected chi connectivity index (χ2v) is 2.33. The molecule has 0 bridgehead atoms. The van der Waals surface area contributed by atoms with Gasteiger partial charge < -0.3 is 0 Å². The first kappa shape index (κ1) is 16.1. The van der Waals surface area contributed by atoms with E-state index in [1.54, 1.807) is 0 Å². The predicted molar refractivity (Wildman–Crippen MR) is 73.9 cm³/mol. The molecule has 0 spiro atoms. The largest absolute Gasteiger partial charge is 0.0984 e. The molecular weight excluding hydrogens is 180 g/mol. The van der Waals surface area contributed by atoms with Crippen LogP contribution in [-0.4, -0.2) is 0 Å². The Kier molecular flexibility index (Phi) is 13.7. The lowest BCUT2D eigenvalue weighted by atomic mass is 10.1. The molecule has 15 heavy (non-hydrogen) atoms. The van der Waals surface area contributed by atoms with E-state index in [1.807, 2.05) is 58.9 Å². The van der Waals surface area contributed by atoms with E-state index in [1.165, 1.54) is 11.1 Å². The van der Waals surface area contributed by atoms with Gasteiger partial charge in [0.05, 0.1) is 0 Å². The molecule has 0 fully saturated rings. The molecule has 0 heterocycles. The molecule has 1 aromatic carbocycles. The zero-order valence-electron chi connectivity index (χ0n) is 10.7. The molecule has 0 atom stereocenters. The van der Waals surface area contributed by atoms with Crippen LogP contribution in [0.5, 0.6) is 0 Å². The van der Waals surface area contributed by atoms with Crippen LogP contribution in [0, 0.1) is 0 Å². The summed E-state index contributed by atoms with van der Waals surface area (Å²) in [6.45, 7) is 13.8. The van der Waals surface area contributed by atoms with Crippen molar-refractivity contribution in [2.24, 2.45) is 0 Å². The van der Waals surface area contributed by atoms with Gasteiger partial charge in [0.2, 0.25) is 0 Å². The molecule has 0 nitrogen and oxygen atoms in total. The van der Waals surface area contributed by atoms with E-state index in [9.17, 15) is 0 Å². The maximum atomic E-state index is 3.74. The minimum Gasteiger partial charge on any atom is -0.0984 e. The van der Waals surface area contributed by atoms with Gasteiger partial charge in [0.15, 0.2) is 0 Å². The van der Waals surface area contributed by atoms with Crippen LogP contribution in [-0.2, 0) is 0 Å². The Hall–Kier alpha value is -1.30. The van der Waals surface area contributed by atoms with Gasteiger partial charge in [0.1, 0.15) is 0 Å². The lowest BCUT2D eigenvalue weighted by molar-refractivity contribution is 1.50. The Bertz CT molecular complexity index is 269. The maximum absolute atomic E-state index is 3.74. The summed E-state index contributed by atoms with van der Waals surface area (Å²) in [5.41, 5.74) is 2.41. The molecule has 0 unspecified atom stereocenters. The summed E-state index contributed by atoms with van der Waals surface area (Å²) in [5, 5.41) is 0. The molecule has 0 aliphatic heterocycles. The molecule has 1 aromatic rings. The normalized spacial score (nSPS) is 8.33. The summed E-state index contributed by atoms with van der Waals surface area (Å²) in [5.74, 6) is 0. The molecule has 0 aliphatic rings. The van der Waals surface area contributed by atoms with E-state index < -0.39 is 0 Å². The molecule has 0 radical (unpaired) electrons. The molecule has 0 saturated heterocycles. The molecule has 0 aromatic heterocycles. The second kappa shape index (κ2) is 12.7. The monoisotopic (exact) mass is 204 g/mol. The number of hydrogen-bond donors (Lipinski definition) is 0. The van der Waals surface area contributed by atoms with Crippen molar-refractivity contribution in [3.8, 4) is 0 Å². The number of hydrogen-bond acceptors (Lipinski definition) is 0. The second-order valence-electron chi connectivity index (χ2n) is 2.33. The van der Waals surface area contributed by atoms with E-state index in [-0.39, 0.29) is 0 Å². The summed E-state index contributed by atoms with van der Waals surface area (Å²) in [6.07, 6.45) is 5.98. The van der Waals surface area contributed by atoms with Crippen molar-refractivity contribution < 1.29 is 0 Å². The fourth-order valence-electron chi connectivity index (χ4n) is 1.03. The standard InChI is InChI=1S/C11H12.2C2H6/c1-3-7-11-9-6-5-8-10(11)4-2;2*1-2/h3-9H,2H2,1H3;2*1-2H3/b7-3-;;. The molecule has 0 heteroatoms. The van der Waals surface area contributed by atoms with Gasteiger partial charge in [-0.2, -0.15) is 0 Å². The summed E-state index contributed by atoms with van der Waals surface area (Å²) in [6, 6.07) is 8.19. The first-order chi connectivity index (χ1) is 7.38. The molecule has 0 amide bonds. The highest BCUT2D eigenvalue weighted by Gasteiger charge is 1.90. The Morgan fingerprint density at radius 3 is 1.80 bits per heavy atom. The third-order valence-electron chi connectivity index (χ3n) is 1.56. The number of rotatable bonds is 2. The van der Waals surface area contributed by atoms with Gasteiger partial charge in [-0.05, 0) is 18.1 Å². The lowest BCUT2D eigenvalue weighted by Gasteiger charge is -1.97. The van der Waals surface area contributed by atoms with Crippen molar-refractivity contribution in [1.82, 2.24) is 0 Å². The van der Waals surface area contributed by atoms with Gasteiger partial charge in [-0.3, -0.25) is 0 Å². The first-order valence-corrected chi connectivity index (χ1v) is 5.72. The Morgan fingerprint density at radius 1 is 0.933 bits per heavy atom. The summed E-state index contributed by atoms with van der Waals surface area (Å²) >= 11 is 0. The Morgan fingerprint density at radius 2 is 1.40 bits per heavy atom. The van der Waals surface area contributed by atoms with E-state index in [4.69, 9.17) is 0 Å². The van der Waals surface area contributed by atoms with Crippen molar-refractivity contribution >= 4 is 12.2 Å². The third-order valence-corrected chi connectivity index (χ3v) is 1.56. The van der Waals surface area contributed by atoms with Crippen LogP contribution < -0.4 is 0 Å². The Balaban J connectivity index is 0. The molecule has 0 saturated carbocycles. The average molecular weight is 204 g/mol. The molecule has 0 N–H and O–H groups in total. The highest BCUT2D eigenvalue weighted by Crippen LogP contribution is 2.11. The van der Waals surface area contributed by atoms with Crippen LogP contribution in [0.1, 0.15) is 45.7 Å². The number of allylic oxidation sites excluding steroid dienone is 1. The van der Waals surface area contributed by atoms with Gasteiger partial charge in [-0.1, -0.05) is 76.8 Å². The summed E-state index contributed by atoms with van der Waals surface area (Å²) < 4.78 is 0. The average Bonchev–Trinajstić information content (AvgIpc) is 2.35. The zero-order chi connectivity index (χ0) is 12.1. The Labute approximate surface area is 95.3 Å². The summed E-state index contributed by atoms with van der Waals surface area (Å²) in [7, 11) is 0. The van der Waals surface area contributed by atoms with E-state index >= 15 is 0 Å². The SMILES string of the molecule is C=Cc1ccccc1/C=C\C.CC.CC. The maximum Gasteiger partial charge on any atom is -0.0188 e. The molecule has 84 valence electrons. The van der Waals surface area contributed by atoms with Crippen LogP contribution >= 0.6 is 0 Å². The smallest absolute Gasteiger partial charge is 0.0188 e. The van der Waals surface area contributed by atoms with Gasteiger partial charge >= 0.3 is 0 Å². The third kappa shape index (κ3) is 6.73. The topological polar surface area (TPSA) is 0 Å². The summed E-state index contributed by atoms with van der Waals surface area (Å²) in [4.78, 5) is 0. The van der Waals surface area contributed by atoms with Crippen LogP contribution in [0.3, 0.4) is 0 Å². The fourth-order valence-corrected chi connectivity index (χ4v) is 1.03. The highest BCUT2D eigenvalue weighted by atomic mass is 13.9. The fraction of sp³-hybridized carbons (Fsp3) is 0.333. The van der Waals surface area contributed by atoms with E-state index in [0.717, 1.165) is 0 Å². The molecule has 0 aliphatic carbocycles. The van der Waals surface area contributed by atoms with Gasteiger partial charge in [-0.15, -0.1) is 0 Å².